The van der Waals surface area contributed by atoms with Gasteiger partial charge in [-0.1, -0.05) is 6.04 Å². The van der Waals surface area contributed by atoms with Crippen molar-refractivity contribution in [2.45, 2.75) is 12.5 Å². The van der Waals surface area contributed by atoms with Crippen molar-refractivity contribution in [1.82, 2.24) is 0 Å². The van der Waals surface area contributed by atoms with Gasteiger partial charge in [0.25, 0.3) is 0 Å². The van der Waals surface area contributed by atoms with E-state index in [2.05, 4.69) is 0 Å². The van der Waals surface area contributed by atoms with E-state index in [-0.39, 0.29) is 12.0 Å². The van der Waals surface area contributed by atoms with Gasteiger partial charge in [-0.3, -0.25) is 4.79 Å². The molecule has 76 valence electrons. The lowest BCUT2D eigenvalue weighted by Gasteiger charge is -2.06. The molecule has 0 aliphatic rings. The van der Waals surface area contributed by atoms with Crippen molar-refractivity contribution in [2.75, 3.05) is 0 Å². The van der Waals surface area contributed by atoms with Gasteiger partial charge in [0.05, 0.1) is 4.11 Å². The third-order valence-corrected chi connectivity index (χ3v) is 1.57. The molecule has 1 atom stereocenters. The maximum absolute atomic E-state index is 10.6. The van der Waals surface area contributed by atoms with Gasteiger partial charge in [0.2, 0.25) is 0 Å². The molecule has 0 spiro atoms. The number of carboxylic acid groups (broad SMARTS) is 1. The Kier molecular flexibility index (Phi) is 1.89. The molecule has 14 heavy (non-hydrogen) atoms. The van der Waals surface area contributed by atoms with Crippen molar-refractivity contribution in [3.8, 4) is 11.5 Å². The Labute approximate surface area is 84.6 Å². The average molecular weight is 200 g/mol. The Morgan fingerprint density at radius 2 is 2.14 bits per heavy atom. The van der Waals surface area contributed by atoms with Crippen LogP contribution >= 0.6 is 0 Å². The molecule has 0 fully saturated rings. The zero-order valence-electron chi connectivity index (χ0n) is 10.1. The van der Waals surface area contributed by atoms with Gasteiger partial charge in [-0.25, -0.2) is 0 Å². The van der Waals surface area contributed by atoms with Crippen molar-refractivity contribution in [3.05, 3.63) is 23.7 Å². The molecule has 5 heteroatoms. The Balaban J connectivity index is 3.30. The molecule has 0 saturated heterocycles. The number of phenols is 2. The molecule has 0 amide bonds. The van der Waals surface area contributed by atoms with Gasteiger partial charge < -0.3 is 21.1 Å². The van der Waals surface area contributed by atoms with Crippen LogP contribution in [0.5, 0.6) is 11.5 Å². The number of benzene rings is 1. The molecule has 0 aliphatic heterocycles. The smallest absolute Gasteiger partial charge is 0.320 e. The van der Waals surface area contributed by atoms with Crippen LogP contribution < -0.4 is 5.73 Å². The van der Waals surface area contributed by atoms with E-state index in [1.807, 2.05) is 0 Å². The zero-order chi connectivity index (χ0) is 13.3. The Bertz CT molecular complexity index is 449. The summed E-state index contributed by atoms with van der Waals surface area (Å²) < 4.78 is 22.2. The standard InChI is InChI=1S/C9H11NO4/c10-6(9(13)14)3-5-1-2-7(11)8(12)4-5/h1-2,4,6,11-12H,3,10H2,(H,13,14)/t6-/m1/s1/i1D,2D,4D. The number of carboxylic acids is 1. The van der Waals surface area contributed by atoms with Gasteiger partial charge in [-0.2, -0.15) is 0 Å². The van der Waals surface area contributed by atoms with Crippen LogP contribution in [0.1, 0.15) is 9.68 Å². The fraction of sp³-hybridized carbons (Fsp3) is 0.222. The summed E-state index contributed by atoms with van der Waals surface area (Å²) in [6.45, 7) is 0. The number of aromatic hydroxyl groups is 2. The quantitative estimate of drug-likeness (QED) is 0.516. The highest BCUT2D eigenvalue weighted by Crippen LogP contribution is 2.25. The van der Waals surface area contributed by atoms with E-state index in [1.165, 1.54) is 0 Å². The highest BCUT2D eigenvalue weighted by Gasteiger charge is 2.12. The van der Waals surface area contributed by atoms with Crippen molar-refractivity contribution >= 4 is 5.97 Å². The summed E-state index contributed by atoms with van der Waals surface area (Å²) in [5, 5.41) is 27.1. The second-order valence-electron chi connectivity index (χ2n) is 2.70. The van der Waals surface area contributed by atoms with E-state index in [0.29, 0.717) is 0 Å². The van der Waals surface area contributed by atoms with Crippen LogP contribution in [0.3, 0.4) is 0 Å². The van der Waals surface area contributed by atoms with Crippen molar-refractivity contribution < 1.29 is 24.2 Å². The summed E-state index contributed by atoms with van der Waals surface area (Å²) >= 11 is 0. The molecule has 0 heterocycles. The van der Waals surface area contributed by atoms with Crippen molar-refractivity contribution in [2.24, 2.45) is 5.73 Å². The van der Waals surface area contributed by atoms with Gasteiger partial charge in [-0.05, 0) is 24.1 Å². The molecule has 0 aromatic heterocycles. The normalized spacial score (nSPS) is 15.4. The van der Waals surface area contributed by atoms with Crippen LogP contribution in [0, 0.1) is 0 Å². The molecule has 5 nitrogen and oxygen atoms in total. The molecular weight excluding hydrogens is 186 g/mol. The van der Waals surface area contributed by atoms with E-state index in [4.69, 9.17) is 15.0 Å². The predicted octanol–water partition coefficient (Wildman–Crippen LogP) is 0.0522. The summed E-state index contributed by atoms with van der Waals surface area (Å²) in [5.74, 6) is -3.03. The molecule has 0 saturated carbocycles. The minimum atomic E-state index is -1.34. The molecule has 1 aromatic carbocycles. The lowest BCUT2D eigenvalue weighted by molar-refractivity contribution is -0.138. The van der Waals surface area contributed by atoms with Gasteiger partial charge in [0, 0.05) is 0 Å². The molecule has 0 unspecified atom stereocenters. The van der Waals surface area contributed by atoms with E-state index in [1.54, 1.807) is 0 Å². The second-order valence-corrected chi connectivity index (χ2v) is 2.70. The summed E-state index contributed by atoms with van der Waals surface area (Å²) in [5.41, 5.74) is 5.07. The topological polar surface area (TPSA) is 104 Å². The maximum Gasteiger partial charge on any atom is 0.320 e. The highest BCUT2D eigenvalue weighted by molar-refractivity contribution is 5.73. The largest absolute Gasteiger partial charge is 0.504 e. The number of hydrogen-bond donors (Lipinski definition) is 4. The molecule has 0 radical (unpaired) electrons. The molecule has 0 bridgehead atoms. The number of hydrogen-bond acceptors (Lipinski definition) is 4. The van der Waals surface area contributed by atoms with Crippen molar-refractivity contribution in [1.29, 1.82) is 0 Å². The van der Waals surface area contributed by atoms with E-state index >= 15 is 0 Å². The first-order valence-electron chi connectivity index (χ1n) is 5.26. The number of aliphatic carboxylic acids is 1. The van der Waals surface area contributed by atoms with Crippen molar-refractivity contribution in [3.63, 3.8) is 0 Å². The summed E-state index contributed by atoms with van der Waals surface area (Å²) in [7, 11) is 0. The van der Waals surface area contributed by atoms with Crippen LogP contribution in [0.4, 0.5) is 0 Å². The first-order valence-corrected chi connectivity index (χ1v) is 3.76. The fourth-order valence-corrected chi connectivity index (χ4v) is 0.837. The monoisotopic (exact) mass is 200 g/mol. The van der Waals surface area contributed by atoms with E-state index < -0.39 is 41.6 Å². The summed E-state index contributed by atoms with van der Waals surface area (Å²) in [6.07, 6.45) is -0.368. The molecule has 1 aromatic rings. The molecule has 1 rings (SSSR count). The van der Waals surface area contributed by atoms with Gasteiger partial charge in [0.15, 0.2) is 11.5 Å². The fourth-order valence-electron chi connectivity index (χ4n) is 0.837. The SMILES string of the molecule is [2H]c1c([2H])c(C[C@@H](N)C(=O)O)c([2H])c(O)c1O. The number of phenolic OH excluding ortho intramolecular Hbond substituents is 2. The highest BCUT2D eigenvalue weighted by atomic mass is 16.4. The van der Waals surface area contributed by atoms with Gasteiger partial charge in [-0.15, -0.1) is 0 Å². The number of carbonyl (C=O) groups is 1. The van der Waals surface area contributed by atoms with Crippen LogP contribution in [-0.4, -0.2) is 27.3 Å². The molecular formula is C9H11NO4. The maximum atomic E-state index is 10.6. The second kappa shape index (κ2) is 3.97. The lowest BCUT2D eigenvalue weighted by Crippen LogP contribution is -2.32. The third-order valence-electron chi connectivity index (χ3n) is 1.57. The molecule has 5 N–H and O–H groups in total. The van der Waals surface area contributed by atoms with Crippen LogP contribution in [0.2, 0.25) is 0 Å². The number of rotatable bonds is 3. The first kappa shape index (κ1) is 6.67. The first-order chi connectivity index (χ1) is 7.77. The summed E-state index contributed by atoms with van der Waals surface area (Å²) in [6, 6.07) is -3.10. The Morgan fingerprint density at radius 1 is 1.50 bits per heavy atom. The zero-order valence-corrected chi connectivity index (χ0v) is 7.11. The lowest BCUT2D eigenvalue weighted by atomic mass is 10.1. The van der Waals surface area contributed by atoms with E-state index in [0.717, 1.165) is 0 Å². The minimum absolute atomic E-state index is 0.180. The summed E-state index contributed by atoms with van der Waals surface area (Å²) in [4.78, 5) is 10.6. The average Bonchev–Trinajstić information content (AvgIpc) is 2.29. The predicted molar refractivity (Wildman–Crippen MR) is 49.1 cm³/mol. The molecule has 0 aliphatic carbocycles. The van der Waals surface area contributed by atoms with Crippen LogP contribution in [-0.2, 0) is 11.2 Å². The minimum Gasteiger partial charge on any atom is -0.504 e. The van der Waals surface area contributed by atoms with E-state index in [9.17, 15) is 15.0 Å². The van der Waals surface area contributed by atoms with Crippen LogP contribution in [0.25, 0.3) is 0 Å². The Morgan fingerprint density at radius 3 is 2.71 bits per heavy atom. The Hall–Kier alpha value is -1.75. The van der Waals surface area contributed by atoms with Gasteiger partial charge in [0.1, 0.15) is 6.04 Å². The number of nitrogens with two attached hydrogens (primary N) is 1. The van der Waals surface area contributed by atoms with Gasteiger partial charge >= 0.3 is 5.97 Å². The third kappa shape index (κ3) is 2.37. The van der Waals surface area contributed by atoms with Crippen LogP contribution in [0.15, 0.2) is 18.1 Å².